The zero-order valence-corrected chi connectivity index (χ0v) is 13.2. The van der Waals surface area contributed by atoms with Crippen LogP contribution in [0, 0.1) is 0 Å². The van der Waals surface area contributed by atoms with Gasteiger partial charge in [0.15, 0.2) is 10.8 Å². The Bertz CT molecular complexity index is 637. The molecule has 6 heteroatoms. The minimum atomic E-state index is 0.0465. The molecule has 0 spiro atoms. The van der Waals surface area contributed by atoms with Gasteiger partial charge in [0.1, 0.15) is 0 Å². The van der Waals surface area contributed by atoms with Crippen LogP contribution in [-0.4, -0.2) is 51.1 Å². The molecule has 2 aliphatic heterocycles. The average molecular weight is 306 g/mol. The van der Waals surface area contributed by atoms with Crippen LogP contribution in [0.5, 0.6) is 0 Å². The van der Waals surface area contributed by atoms with Gasteiger partial charge in [-0.3, -0.25) is 9.30 Å². The fourth-order valence-corrected chi connectivity index (χ4v) is 4.57. The molecule has 2 fully saturated rings. The van der Waals surface area contributed by atoms with Crippen molar-refractivity contribution in [3.05, 3.63) is 17.3 Å². The molecule has 114 valence electrons. The number of nitrogens with zero attached hydrogens (tertiary/aromatic N) is 4. The van der Waals surface area contributed by atoms with Crippen molar-refractivity contribution < 1.29 is 5.11 Å². The molecule has 1 N–H and O–H groups in total. The fourth-order valence-electron chi connectivity index (χ4n) is 3.85. The van der Waals surface area contributed by atoms with Gasteiger partial charge in [-0.2, -0.15) is 0 Å². The highest BCUT2D eigenvalue weighted by Gasteiger charge is 2.35. The highest BCUT2D eigenvalue weighted by Crippen LogP contribution is 2.31. The van der Waals surface area contributed by atoms with Crippen molar-refractivity contribution in [2.45, 2.75) is 44.9 Å². The molecule has 2 atom stereocenters. The van der Waals surface area contributed by atoms with Crippen molar-refractivity contribution in [2.24, 2.45) is 0 Å². The third-order valence-corrected chi connectivity index (χ3v) is 5.71. The van der Waals surface area contributed by atoms with E-state index in [0.29, 0.717) is 12.1 Å². The van der Waals surface area contributed by atoms with E-state index in [1.165, 1.54) is 25.8 Å². The van der Waals surface area contributed by atoms with Crippen LogP contribution in [0.2, 0.25) is 0 Å². The average Bonchev–Trinajstić information content (AvgIpc) is 3.06. The summed E-state index contributed by atoms with van der Waals surface area (Å²) in [5.74, 6) is 0.988. The maximum Gasteiger partial charge on any atom is 0.195 e. The number of rotatable bonds is 2. The number of hydrogen-bond donors (Lipinski definition) is 1. The third kappa shape index (κ3) is 2.17. The molecule has 0 bridgehead atoms. The van der Waals surface area contributed by atoms with Crippen LogP contribution in [0.3, 0.4) is 0 Å². The van der Waals surface area contributed by atoms with Gasteiger partial charge in [-0.1, -0.05) is 6.42 Å². The lowest BCUT2D eigenvalue weighted by Crippen LogP contribution is -2.59. The van der Waals surface area contributed by atoms with E-state index in [1.807, 2.05) is 16.0 Å². The van der Waals surface area contributed by atoms with Crippen molar-refractivity contribution in [1.29, 1.82) is 0 Å². The second kappa shape index (κ2) is 5.26. The van der Waals surface area contributed by atoms with Crippen LogP contribution < -0.4 is 4.90 Å². The molecule has 0 radical (unpaired) electrons. The largest absolute Gasteiger partial charge is 0.390 e. The number of fused-ring (bicyclic) bond motifs is 2. The number of imidazole rings is 1. The Morgan fingerprint density at radius 3 is 3.14 bits per heavy atom. The van der Waals surface area contributed by atoms with E-state index in [0.717, 1.165) is 29.6 Å². The van der Waals surface area contributed by atoms with Crippen molar-refractivity contribution in [3.63, 3.8) is 0 Å². The smallest absolute Gasteiger partial charge is 0.195 e. The first kappa shape index (κ1) is 13.5. The maximum absolute atomic E-state index is 9.78. The molecule has 2 saturated heterocycles. The van der Waals surface area contributed by atoms with Crippen molar-refractivity contribution in [1.82, 2.24) is 14.3 Å². The summed E-state index contributed by atoms with van der Waals surface area (Å²) in [6.45, 7) is 5.72. The predicted octanol–water partition coefficient (Wildman–Crippen LogP) is 1.95. The van der Waals surface area contributed by atoms with Crippen molar-refractivity contribution >= 4 is 22.1 Å². The summed E-state index contributed by atoms with van der Waals surface area (Å²) >= 11 is 1.63. The molecule has 2 aromatic rings. The molecule has 0 saturated carbocycles. The predicted molar refractivity (Wildman–Crippen MR) is 85.0 cm³/mol. The number of aliphatic hydroxyl groups excluding tert-OH is 1. The van der Waals surface area contributed by atoms with E-state index >= 15 is 0 Å². The summed E-state index contributed by atoms with van der Waals surface area (Å²) in [4.78, 5) is 10.8. The lowest BCUT2D eigenvalue weighted by molar-refractivity contribution is 0.115. The molecule has 4 heterocycles. The molecule has 2 aliphatic rings. The molecule has 0 aromatic carbocycles. The molecule has 4 rings (SSSR count). The van der Waals surface area contributed by atoms with Gasteiger partial charge in [0.25, 0.3) is 0 Å². The highest BCUT2D eigenvalue weighted by atomic mass is 32.1. The summed E-state index contributed by atoms with van der Waals surface area (Å²) in [5.41, 5.74) is 0.933. The Kier molecular flexibility index (Phi) is 3.40. The Balaban J connectivity index is 1.68. The van der Waals surface area contributed by atoms with Gasteiger partial charge in [-0.15, -0.1) is 11.3 Å². The lowest BCUT2D eigenvalue weighted by Gasteiger charge is -2.47. The first-order valence-corrected chi connectivity index (χ1v) is 8.72. The number of aliphatic hydroxyl groups is 1. The van der Waals surface area contributed by atoms with E-state index in [2.05, 4.69) is 16.7 Å². The quantitative estimate of drug-likeness (QED) is 0.921. The number of aromatic nitrogens is 2. The Hall–Kier alpha value is -1.11. The molecule has 5 nitrogen and oxygen atoms in total. The fraction of sp³-hybridized carbons (Fsp3) is 0.667. The number of hydrogen-bond acceptors (Lipinski definition) is 5. The van der Waals surface area contributed by atoms with Gasteiger partial charge in [-0.05, 0) is 26.3 Å². The SMILES string of the molecule is CC1CN2CCCCC2CN1c1nc2sccn2c1CO. The van der Waals surface area contributed by atoms with Crippen LogP contribution in [0.15, 0.2) is 11.6 Å². The molecule has 0 aliphatic carbocycles. The number of piperidine rings is 1. The van der Waals surface area contributed by atoms with Gasteiger partial charge >= 0.3 is 0 Å². The van der Waals surface area contributed by atoms with Crippen LogP contribution in [0.1, 0.15) is 31.9 Å². The normalized spacial score (nSPS) is 27.2. The Morgan fingerprint density at radius 1 is 1.38 bits per heavy atom. The maximum atomic E-state index is 9.78. The summed E-state index contributed by atoms with van der Waals surface area (Å²) in [7, 11) is 0. The molecular formula is C15H22N4OS. The van der Waals surface area contributed by atoms with Gasteiger partial charge in [0.2, 0.25) is 0 Å². The molecule has 0 amide bonds. The van der Waals surface area contributed by atoms with Crippen LogP contribution in [-0.2, 0) is 6.61 Å². The second-order valence-corrected chi connectivity index (χ2v) is 7.11. The van der Waals surface area contributed by atoms with Gasteiger partial charge in [0, 0.05) is 36.8 Å². The number of piperazine rings is 1. The van der Waals surface area contributed by atoms with E-state index in [1.54, 1.807) is 11.3 Å². The van der Waals surface area contributed by atoms with Crippen molar-refractivity contribution in [2.75, 3.05) is 24.5 Å². The zero-order valence-electron chi connectivity index (χ0n) is 12.4. The van der Waals surface area contributed by atoms with Crippen LogP contribution in [0.25, 0.3) is 4.96 Å². The van der Waals surface area contributed by atoms with E-state index in [-0.39, 0.29) is 6.61 Å². The minimum Gasteiger partial charge on any atom is -0.390 e. The summed E-state index contributed by atoms with van der Waals surface area (Å²) in [6, 6.07) is 1.11. The summed E-state index contributed by atoms with van der Waals surface area (Å²) < 4.78 is 2.03. The number of anilines is 1. The zero-order chi connectivity index (χ0) is 14.4. The highest BCUT2D eigenvalue weighted by molar-refractivity contribution is 7.15. The van der Waals surface area contributed by atoms with Crippen LogP contribution >= 0.6 is 11.3 Å². The summed E-state index contributed by atoms with van der Waals surface area (Å²) in [6.07, 6.45) is 5.98. The van der Waals surface area contributed by atoms with E-state index < -0.39 is 0 Å². The Morgan fingerprint density at radius 2 is 2.29 bits per heavy atom. The molecular weight excluding hydrogens is 284 g/mol. The first-order chi connectivity index (χ1) is 10.3. The number of thiazole rings is 1. The van der Waals surface area contributed by atoms with Gasteiger partial charge in [-0.25, -0.2) is 4.98 Å². The third-order valence-electron chi connectivity index (χ3n) is 4.95. The monoisotopic (exact) mass is 306 g/mol. The topological polar surface area (TPSA) is 44.0 Å². The van der Waals surface area contributed by atoms with Gasteiger partial charge in [0.05, 0.1) is 12.3 Å². The lowest BCUT2D eigenvalue weighted by atomic mass is 9.97. The van der Waals surface area contributed by atoms with E-state index in [9.17, 15) is 5.11 Å². The van der Waals surface area contributed by atoms with Crippen molar-refractivity contribution in [3.8, 4) is 0 Å². The van der Waals surface area contributed by atoms with Crippen LogP contribution in [0.4, 0.5) is 5.82 Å². The summed E-state index contributed by atoms with van der Waals surface area (Å²) in [5, 5.41) is 11.8. The molecule has 21 heavy (non-hydrogen) atoms. The second-order valence-electron chi connectivity index (χ2n) is 6.24. The molecule has 2 aromatic heterocycles. The van der Waals surface area contributed by atoms with E-state index in [4.69, 9.17) is 4.98 Å². The minimum absolute atomic E-state index is 0.0465. The first-order valence-electron chi connectivity index (χ1n) is 7.84. The molecule has 2 unspecified atom stereocenters. The van der Waals surface area contributed by atoms with Gasteiger partial charge < -0.3 is 10.0 Å². The standard InChI is InChI=1S/C15H22N4OS/c1-11-8-17-5-3-2-4-12(17)9-19(11)14-13(10-20)18-6-7-21-15(18)16-14/h6-7,11-12,20H,2-5,8-10H2,1H3. The Labute approximate surface area is 128 Å².